The van der Waals surface area contributed by atoms with Crippen molar-refractivity contribution in [3.8, 4) is 5.75 Å². The minimum absolute atomic E-state index is 0.173. The van der Waals surface area contributed by atoms with Crippen molar-refractivity contribution in [1.82, 2.24) is 0 Å². The first kappa shape index (κ1) is 19.3. The number of halogens is 2. The van der Waals surface area contributed by atoms with Gasteiger partial charge in [0.05, 0.1) is 19.6 Å². The van der Waals surface area contributed by atoms with Gasteiger partial charge in [-0.3, -0.25) is 19.7 Å². The lowest BCUT2D eigenvalue weighted by molar-refractivity contribution is -0.484. The molecule has 1 N–H and O–H groups in total. The van der Waals surface area contributed by atoms with Crippen molar-refractivity contribution in [2.75, 3.05) is 20.3 Å². The average Bonchev–Trinajstić information content (AvgIpc) is 2.48. The third-order valence-electron chi connectivity index (χ3n) is 3.23. The van der Waals surface area contributed by atoms with Crippen LogP contribution in [0.2, 0.25) is 0 Å². The topological polar surface area (TPSA) is 116 Å². The van der Waals surface area contributed by atoms with Crippen molar-refractivity contribution >= 4 is 11.9 Å². The van der Waals surface area contributed by atoms with Crippen LogP contribution in [-0.2, 0) is 14.3 Å². The monoisotopic (exact) mass is 347 g/mol. The standard InChI is InChI=1S/C14H15F2NO7/c1-3-24-14(20)12(13(18)19)8(6-17(21)22)7-4-10(16)11(23-2)5-9(7)15/h4-5,8,12H,3,6H2,1-2H3,(H,18,19). The molecule has 2 unspecified atom stereocenters. The summed E-state index contributed by atoms with van der Waals surface area (Å²) in [6.45, 7) is 0.138. The van der Waals surface area contributed by atoms with Gasteiger partial charge in [0.15, 0.2) is 17.5 Å². The third-order valence-corrected chi connectivity index (χ3v) is 3.23. The van der Waals surface area contributed by atoms with E-state index in [2.05, 4.69) is 9.47 Å². The first-order chi connectivity index (χ1) is 11.2. The first-order valence-electron chi connectivity index (χ1n) is 6.77. The van der Waals surface area contributed by atoms with E-state index in [4.69, 9.17) is 0 Å². The van der Waals surface area contributed by atoms with Crippen LogP contribution in [0.15, 0.2) is 12.1 Å². The van der Waals surface area contributed by atoms with Gasteiger partial charge in [0.2, 0.25) is 6.54 Å². The Balaban J connectivity index is 3.45. The van der Waals surface area contributed by atoms with Crippen LogP contribution in [0.1, 0.15) is 18.4 Å². The van der Waals surface area contributed by atoms with Gasteiger partial charge in [-0.1, -0.05) is 0 Å². The van der Waals surface area contributed by atoms with Crippen molar-refractivity contribution in [3.05, 3.63) is 39.4 Å². The fraction of sp³-hybridized carbons (Fsp3) is 0.429. The molecule has 1 aromatic rings. The van der Waals surface area contributed by atoms with Gasteiger partial charge in [-0.15, -0.1) is 0 Å². The molecule has 0 aliphatic heterocycles. The smallest absolute Gasteiger partial charge is 0.321 e. The van der Waals surface area contributed by atoms with Gasteiger partial charge in [-0.25, -0.2) is 8.78 Å². The van der Waals surface area contributed by atoms with E-state index >= 15 is 0 Å². The van der Waals surface area contributed by atoms with Crippen LogP contribution in [0.3, 0.4) is 0 Å². The number of esters is 1. The van der Waals surface area contributed by atoms with Crippen molar-refractivity contribution in [1.29, 1.82) is 0 Å². The maximum atomic E-state index is 14.2. The van der Waals surface area contributed by atoms with E-state index in [0.29, 0.717) is 12.1 Å². The molecule has 1 rings (SSSR count). The number of hydrogen-bond acceptors (Lipinski definition) is 6. The van der Waals surface area contributed by atoms with Gasteiger partial charge in [0.1, 0.15) is 5.82 Å². The molecular formula is C14H15F2NO7. The maximum absolute atomic E-state index is 14.2. The average molecular weight is 347 g/mol. The van der Waals surface area contributed by atoms with Gasteiger partial charge in [0, 0.05) is 16.6 Å². The predicted octanol–water partition coefficient (Wildman–Crippen LogP) is 1.60. The molecule has 0 bridgehead atoms. The van der Waals surface area contributed by atoms with Gasteiger partial charge < -0.3 is 14.6 Å². The molecule has 0 spiro atoms. The summed E-state index contributed by atoms with van der Waals surface area (Å²) in [7, 11) is 1.09. The van der Waals surface area contributed by atoms with Crippen LogP contribution >= 0.6 is 0 Å². The number of methoxy groups -OCH3 is 1. The molecule has 0 saturated carbocycles. The summed E-state index contributed by atoms with van der Waals surface area (Å²) in [4.78, 5) is 33.1. The Morgan fingerprint density at radius 2 is 1.96 bits per heavy atom. The van der Waals surface area contributed by atoms with Crippen LogP contribution in [0, 0.1) is 27.7 Å². The molecule has 0 aliphatic rings. The first-order valence-corrected chi connectivity index (χ1v) is 6.77. The van der Waals surface area contributed by atoms with Gasteiger partial charge in [-0.05, 0) is 13.0 Å². The summed E-state index contributed by atoms with van der Waals surface area (Å²) in [6.07, 6.45) is 0. The van der Waals surface area contributed by atoms with Crippen LogP contribution in [-0.4, -0.2) is 42.2 Å². The summed E-state index contributed by atoms with van der Waals surface area (Å²) in [5.41, 5.74) is -0.620. The van der Waals surface area contributed by atoms with Crippen molar-refractivity contribution in [2.45, 2.75) is 12.8 Å². The second kappa shape index (κ2) is 8.18. The van der Waals surface area contributed by atoms with Gasteiger partial charge in [0.25, 0.3) is 0 Å². The number of carboxylic acids is 1. The zero-order chi connectivity index (χ0) is 18.4. The Hall–Kier alpha value is -2.78. The Morgan fingerprint density at radius 3 is 2.42 bits per heavy atom. The molecule has 8 nitrogen and oxygen atoms in total. The summed E-state index contributed by atoms with van der Waals surface area (Å²) in [6, 6.07) is 1.21. The van der Waals surface area contributed by atoms with Crippen molar-refractivity contribution < 1.29 is 37.9 Å². The van der Waals surface area contributed by atoms with Gasteiger partial charge in [-0.2, -0.15) is 0 Å². The van der Waals surface area contributed by atoms with Crippen LogP contribution < -0.4 is 4.74 Å². The number of nitrogens with zero attached hydrogens (tertiary/aromatic N) is 1. The summed E-state index contributed by atoms with van der Waals surface area (Å²) in [5.74, 6) is -9.46. The molecule has 0 fully saturated rings. The van der Waals surface area contributed by atoms with E-state index in [1.165, 1.54) is 6.92 Å². The van der Waals surface area contributed by atoms with Crippen LogP contribution in [0.4, 0.5) is 8.78 Å². The molecule has 0 amide bonds. The normalized spacial score (nSPS) is 13.0. The zero-order valence-electron chi connectivity index (χ0n) is 12.8. The third kappa shape index (κ3) is 4.37. The second-order valence-corrected chi connectivity index (χ2v) is 4.70. The molecule has 0 saturated heterocycles. The molecule has 1 aromatic carbocycles. The Labute approximate surface area is 135 Å². The van der Waals surface area contributed by atoms with E-state index in [0.717, 1.165) is 7.11 Å². The second-order valence-electron chi connectivity index (χ2n) is 4.70. The largest absolute Gasteiger partial charge is 0.494 e. The van der Waals surface area contributed by atoms with E-state index in [1.807, 2.05) is 0 Å². The molecule has 0 radical (unpaired) electrons. The zero-order valence-corrected chi connectivity index (χ0v) is 12.8. The lowest BCUT2D eigenvalue weighted by Crippen LogP contribution is -2.35. The lowest BCUT2D eigenvalue weighted by Gasteiger charge is -2.20. The van der Waals surface area contributed by atoms with Crippen LogP contribution in [0.5, 0.6) is 5.75 Å². The number of nitro groups is 1. The molecule has 0 aromatic heterocycles. The number of aliphatic carboxylic acids is 1. The number of rotatable bonds is 8. The molecule has 2 atom stereocenters. The molecule has 0 heterocycles. The summed E-state index contributed by atoms with van der Waals surface area (Å²) in [5, 5.41) is 20.0. The fourth-order valence-corrected chi connectivity index (χ4v) is 2.20. The van der Waals surface area contributed by atoms with E-state index in [-0.39, 0.29) is 6.61 Å². The highest BCUT2D eigenvalue weighted by molar-refractivity contribution is 5.95. The van der Waals surface area contributed by atoms with E-state index < -0.39 is 58.2 Å². The van der Waals surface area contributed by atoms with Crippen LogP contribution in [0.25, 0.3) is 0 Å². The lowest BCUT2D eigenvalue weighted by atomic mass is 9.85. The molecular weight excluding hydrogens is 332 g/mol. The SMILES string of the molecule is CCOC(=O)C(C(=O)O)C(C[N+](=O)[O-])c1cc(F)c(OC)cc1F. The molecule has 0 aliphatic carbocycles. The Kier molecular flexibility index (Phi) is 6.57. The number of carbonyl (C=O) groups excluding carboxylic acids is 1. The maximum Gasteiger partial charge on any atom is 0.321 e. The minimum Gasteiger partial charge on any atom is -0.494 e. The molecule has 132 valence electrons. The number of hydrogen-bond donors (Lipinski definition) is 1. The fourth-order valence-electron chi connectivity index (χ4n) is 2.20. The molecule has 24 heavy (non-hydrogen) atoms. The quantitative estimate of drug-likeness (QED) is 0.328. The van der Waals surface area contributed by atoms with Crippen molar-refractivity contribution in [2.24, 2.45) is 5.92 Å². The van der Waals surface area contributed by atoms with Gasteiger partial charge >= 0.3 is 11.9 Å². The van der Waals surface area contributed by atoms with Crippen molar-refractivity contribution in [3.63, 3.8) is 0 Å². The Bertz CT molecular complexity index is 650. The predicted molar refractivity (Wildman–Crippen MR) is 75.3 cm³/mol. The van der Waals surface area contributed by atoms with E-state index in [9.17, 15) is 33.6 Å². The highest BCUT2D eigenvalue weighted by Crippen LogP contribution is 2.32. The summed E-state index contributed by atoms with van der Waals surface area (Å²) >= 11 is 0. The van der Waals surface area contributed by atoms with E-state index in [1.54, 1.807) is 0 Å². The highest BCUT2D eigenvalue weighted by Gasteiger charge is 2.42. The summed E-state index contributed by atoms with van der Waals surface area (Å²) < 4.78 is 37.2. The molecule has 10 heteroatoms. The highest BCUT2D eigenvalue weighted by atomic mass is 19.1. The Morgan fingerprint density at radius 1 is 1.33 bits per heavy atom. The minimum atomic E-state index is -2.06. The number of ether oxygens (including phenoxy) is 2. The number of carbonyl (C=O) groups is 2. The number of carboxylic acid groups (broad SMARTS) is 1. The number of benzene rings is 1.